The zero-order chi connectivity index (χ0) is 17.5. The Kier molecular flexibility index (Phi) is 5.78. The second-order valence-electron chi connectivity index (χ2n) is 5.22. The molecule has 0 bridgehead atoms. The minimum atomic E-state index is -0.401. The number of carbonyl (C=O) groups is 2. The largest absolute Gasteiger partial charge is 0.497 e. The number of hydrogen-bond acceptors (Lipinski definition) is 4. The van der Waals surface area contributed by atoms with E-state index in [-0.39, 0.29) is 12.3 Å². The summed E-state index contributed by atoms with van der Waals surface area (Å²) in [5.74, 6) is 0.558. The fraction of sp³-hybridized carbons (Fsp3) is 0.222. The third kappa shape index (κ3) is 4.49. The summed E-state index contributed by atoms with van der Waals surface area (Å²) < 4.78 is 10.3. The molecule has 0 aromatic heterocycles. The standard InChI is InChI=1S/C18H20N2O4/c1-12-4-9-16(24-3)14(10-12)11-17(21)19-20-18(22)13-5-7-15(23-2)8-6-13/h4-10H,11H2,1-3H3,(H,19,21)(H,20,22). The first-order valence-electron chi connectivity index (χ1n) is 7.40. The normalized spacial score (nSPS) is 9.96. The van der Waals surface area contributed by atoms with E-state index in [1.54, 1.807) is 38.5 Å². The molecule has 24 heavy (non-hydrogen) atoms. The van der Waals surface area contributed by atoms with Gasteiger partial charge in [0.1, 0.15) is 11.5 Å². The van der Waals surface area contributed by atoms with Crippen molar-refractivity contribution in [3.05, 3.63) is 59.2 Å². The third-order valence-corrected chi connectivity index (χ3v) is 3.45. The first kappa shape index (κ1) is 17.3. The smallest absolute Gasteiger partial charge is 0.269 e. The van der Waals surface area contributed by atoms with E-state index in [0.29, 0.717) is 17.1 Å². The quantitative estimate of drug-likeness (QED) is 0.823. The molecule has 0 radical (unpaired) electrons. The van der Waals surface area contributed by atoms with Gasteiger partial charge in [-0.2, -0.15) is 0 Å². The van der Waals surface area contributed by atoms with Crippen LogP contribution in [0, 0.1) is 6.92 Å². The number of nitrogens with one attached hydrogen (secondary N) is 2. The zero-order valence-corrected chi connectivity index (χ0v) is 13.9. The van der Waals surface area contributed by atoms with E-state index in [4.69, 9.17) is 9.47 Å². The molecule has 0 heterocycles. The molecule has 0 aliphatic heterocycles. The molecule has 0 aliphatic carbocycles. The van der Waals surface area contributed by atoms with Gasteiger partial charge < -0.3 is 9.47 Å². The van der Waals surface area contributed by atoms with Gasteiger partial charge in [-0.25, -0.2) is 0 Å². The molecule has 6 heteroatoms. The summed E-state index contributed by atoms with van der Waals surface area (Å²) in [5.41, 5.74) is 7.00. The molecular formula is C18H20N2O4. The lowest BCUT2D eigenvalue weighted by molar-refractivity contribution is -0.121. The lowest BCUT2D eigenvalue weighted by atomic mass is 10.1. The topological polar surface area (TPSA) is 76.7 Å². The highest BCUT2D eigenvalue weighted by molar-refractivity contribution is 5.95. The van der Waals surface area contributed by atoms with Crippen molar-refractivity contribution in [3.8, 4) is 11.5 Å². The molecule has 0 saturated carbocycles. The van der Waals surface area contributed by atoms with Gasteiger partial charge in [-0.1, -0.05) is 17.7 Å². The number of hydrogen-bond donors (Lipinski definition) is 2. The van der Waals surface area contributed by atoms with Crippen LogP contribution in [0.2, 0.25) is 0 Å². The van der Waals surface area contributed by atoms with E-state index in [0.717, 1.165) is 11.1 Å². The maximum Gasteiger partial charge on any atom is 0.269 e. The van der Waals surface area contributed by atoms with Gasteiger partial charge in [0, 0.05) is 11.1 Å². The number of rotatable bonds is 5. The predicted octanol–water partition coefficient (Wildman–Crippen LogP) is 2.02. The molecular weight excluding hydrogens is 308 g/mol. The molecule has 0 aliphatic rings. The van der Waals surface area contributed by atoms with E-state index >= 15 is 0 Å². The number of aryl methyl sites for hydroxylation is 1. The fourth-order valence-corrected chi connectivity index (χ4v) is 2.20. The van der Waals surface area contributed by atoms with E-state index in [1.807, 2.05) is 25.1 Å². The predicted molar refractivity (Wildman–Crippen MR) is 90.0 cm³/mol. The maximum absolute atomic E-state index is 12.0. The van der Waals surface area contributed by atoms with Crippen molar-refractivity contribution in [1.29, 1.82) is 0 Å². The average Bonchev–Trinajstić information content (AvgIpc) is 2.60. The van der Waals surface area contributed by atoms with Gasteiger partial charge in [0.15, 0.2) is 0 Å². The van der Waals surface area contributed by atoms with Gasteiger partial charge in [0.05, 0.1) is 20.6 Å². The number of amides is 2. The van der Waals surface area contributed by atoms with Crippen molar-refractivity contribution < 1.29 is 19.1 Å². The highest BCUT2D eigenvalue weighted by Gasteiger charge is 2.11. The van der Waals surface area contributed by atoms with Crippen molar-refractivity contribution in [2.24, 2.45) is 0 Å². The number of carbonyl (C=O) groups excluding carboxylic acids is 2. The molecule has 126 valence electrons. The molecule has 2 amide bonds. The summed E-state index contributed by atoms with van der Waals surface area (Å²) in [5, 5.41) is 0. The fourth-order valence-electron chi connectivity index (χ4n) is 2.20. The Morgan fingerprint density at radius 1 is 0.958 bits per heavy atom. The molecule has 2 rings (SSSR count). The summed E-state index contributed by atoms with van der Waals surface area (Å²) in [7, 11) is 3.10. The Morgan fingerprint density at radius 3 is 2.29 bits per heavy atom. The van der Waals surface area contributed by atoms with E-state index < -0.39 is 5.91 Å². The molecule has 0 saturated heterocycles. The lowest BCUT2D eigenvalue weighted by Crippen LogP contribution is -2.42. The second kappa shape index (κ2) is 8.01. The minimum Gasteiger partial charge on any atom is -0.497 e. The molecule has 0 unspecified atom stereocenters. The number of hydrazine groups is 1. The Bertz CT molecular complexity index is 726. The Morgan fingerprint density at radius 2 is 1.67 bits per heavy atom. The number of benzene rings is 2. The number of methoxy groups -OCH3 is 2. The minimum absolute atomic E-state index is 0.105. The zero-order valence-electron chi connectivity index (χ0n) is 13.9. The molecule has 2 aromatic rings. The molecule has 0 spiro atoms. The van der Waals surface area contributed by atoms with Crippen LogP contribution >= 0.6 is 0 Å². The Hall–Kier alpha value is -3.02. The number of ether oxygens (including phenoxy) is 2. The maximum atomic E-state index is 12.0. The van der Waals surface area contributed by atoms with Gasteiger partial charge in [0.2, 0.25) is 5.91 Å². The summed E-state index contributed by atoms with van der Waals surface area (Å²) >= 11 is 0. The van der Waals surface area contributed by atoms with Gasteiger partial charge in [0.25, 0.3) is 5.91 Å². The average molecular weight is 328 g/mol. The highest BCUT2D eigenvalue weighted by atomic mass is 16.5. The Balaban J connectivity index is 1.93. The third-order valence-electron chi connectivity index (χ3n) is 3.45. The van der Waals surface area contributed by atoms with E-state index in [2.05, 4.69) is 10.9 Å². The van der Waals surface area contributed by atoms with Gasteiger partial charge in [-0.3, -0.25) is 20.4 Å². The van der Waals surface area contributed by atoms with Gasteiger partial charge in [-0.05, 0) is 37.3 Å². The summed E-state index contributed by atoms with van der Waals surface area (Å²) in [6.45, 7) is 1.94. The van der Waals surface area contributed by atoms with Gasteiger partial charge in [-0.15, -0.1) is 0 Å². The SMILES string of the molecule is COc1ccc(C(=O)NNC(=O)Cc2cc(C)ccc2OC)cc1. The summed E-state index contributed by atoms with van der Waals surface area (Å²) in [4.78, 5) is 24.0. The lowest BCUT2D eigenvalue weighted by Gasteiger charge is -2.11. The molecule has 6 nitrogen and oxygen atoms in total. The van der Waals surface area contributed by atoms with Crippen molar-refractivity contribution in [1.82, 2.24) is 10.9 Å². The molecule has 2 N–H and O–H groups in total. The summed E-state index contributed by atoms with van der Waals surface area (Å²) in [6.07, 6.45) is 0.105. The van der Waals surface area contributed by atoms with Crippen LogP contribution in [-0.2, 0) is 11.2 Å². The van der Waals surface area contributed by atoms with Crippen molar-refractivity contribution in [2.75, 3.05) is 14.2 Å². The van der Waals surface area contributed by atoms with Crippen LogP contribution in [-0.4, -0.2) is 26.0 Å². The van der Waals surface area contributed by atoms with Crippen LogP contribution in [0.25, 0.3) is 0 Å². The van der Waals surface area contributed by atoms with Crippen LogP contribution in [0.15, 0.2) is 42.5 Å². The first-order valence-corrected chi connectivity index (χ1v) is 7.40. The van der Waals surface area contributed by atoms with Crippen LogP contribution in [0.4, 0.5) is 0 Å². The van der Waals surface area contributed by atoms with Crippen molar-refractivity contribution in [2.45, 2.75) is 13.3 Å². The van der Waals surface area contributed by atoms with Crippen LogP contribution in [0.3, 0.4) is 0 Å². The first-order chi connectivity index (χ1) is 11.5. The Labute approximate surface area is 140 Å². The molecule has 0 fully saturated rings. The van der Waals surface area contributed by atoms with Crippen LogP contribution < -0.4 is 20.3 Å². The van der Waals surface area contributed by atoms with E-state index in [1.165, 1.54) is 0 Å². The van der Waals surface area contributed by atoms with Crippen LogP contribution in [0.1, 0.15) is 21.5 Å². The van der Waals surface area contributed by atoms with E-state index in [9.17, 15) is 9.59 Å². The monoisotopic (exact) mass is 328 g/mol. The van der Waals surface area contributed by atoms with Crippen molar-refractivity contribution >= 4 is 11.8 Å². The van der Waals surface area contributed by atoms with Crippen LogP contribution in [0.5, 0.6) is 11.5 Å². The molecule has 2 aromatic carbocycles. The second-order valence-corrected chi connectivity index (χ2v) is 5.22. The summed E-state index contributed by atoms with van der Waals surface area (Å²) in [6, 6.07) is 12.2. The van der Waals surface area contributed by atoms with Gasteiger partial charge >= 0.3 is 0 Å². The highest BCUT2D eigenvalue weighted by Crippen LogP contribution is 2.20. The molecule has 0 atom stereocenters. The van der Waals surface area contributed by atoms with Crippen molar-refractivity contribution in [3.63, 3.8) is 0 Å².